The number of nitrogens with zero attached hydrogens (tertiary/aromatic N) is 1. The van der Waals surface area contributed by atoms with Crippen molar-refractivity contribution in [3.63, 3.8) is 0 Å². The van der Waals surface area contributed by atoms with Gasteiger partial charge in [0.15, 0.2) is 0 Å². The molecule has 21 heavy (non-hydrogen) atoms. The molecule has 1 aliphatic carbocycles. The normalized spacial score (nSPS) is 18.9. The lowest BCUT2D eigenvalue weighted by atomic mass is 9.92. The number of allylic oxidation sites excluding steroid dienone is 5. The predicted molar refractivity (Wildman–Crippen MR) is 87.0 cm³/mol. The molecule has 1 aromatic heterocycles. The van der Waals surface area contributed by atoms with E-state index in [2.05, 4.69) is 36.0 Å². The maximum absolute atomic E-state index is 12.0. The van der Waals surface area contributed by atoms with Crippen molar-refractivity contribution in [2.24, 2.45) is 5.92 Å². The SMILES string of the molecule is CC1=CC(C)CC=C1C=Cc1nc2ccccc2c(=O)[nH]1. The number of rotatable bonds is 2. The van der Waals surface area contributed by atoms with E-state index in [4.69, 9.17) is 0 Å². The molecule has 106 valence electrons. The third-order valence-corrected chi connectivity index (χ3v) is 3.75. The number of H-pyrrole nitrogens is 1. The quantitative estimate of drug-likeness (QED) is 0.907. The molecular weight excluding hydrogens is 260 g/mol. The first kappa shape index (κ1) is 13.6. The average Bonchev–Trinajstić information content (AvgIpc) is 2.46. The fraction of sp³-hybridized carbons (Fsp3) is 0.222. The molecule has 0 saturated carbocycles. The molecule has 1 N–H and O–H groups in total. The Morgan fingerprint density at radius 3 is 2.90 bits per heavy atom. The number of fused-ring (bicyclic) bond motifs is 1. The number of hydrogen-bond acceptors (Lipinski definition) is 2. The van der Waals surface area contributed by atoms with Gasteiger partial charge in [-0.1, -0.05) is 37.3 Å². The van der Waals surface area contributed by atoms with Crippen LogP contribution in [0.2, 0.25) is 0 Å². The Morgan fingerprint density at radius 2 is 2.10 bits per heavy atom. The summed E-state index contributed by atoms with van der Waals surface area (Å²) in [6, 6.07) is 7.37. The fourth-order valence-corrected chi connectivity index (χ4v) is 2.62. The molecule has 1 unspecified atom stereocenters. The summed E-state index contributed by atoms with van der Waals surface area (Å²) in [6.07, 6.45) is 9.45. The zero-order valence-corrected chi connectivity index (χ0v) is 12.3. The second-order valence-corrected chi connectivity index (χ2v) is 5.52. The molecule has 0 fully saturated rings. The largest absolute Gasteiger partial charge is 0.306 e. The van der Waals surface area contributed by atoms with Gasteiger partial charge in [0.25, 0.3) is 5.56 Å². The van der Waals surface area contributed by atoms with Crippen LogP contribution >= 0.6 is 0 Å². The van der Waals surface area contributed by atoms with Crippen molar-refractivity contribution in [1.82, 2.24) is 9.97 Å². The molecule has 0 radical (unpaired) electrons. The number of para-hydroxylation sites is 1. The Kier molecular flexibility index (Phi) is 3.57. The summed E-state index contributed by atoms with van der Waals surface area (Å²) in [7, 11) is 0. The van der Waals surface area contributed by atoms with Gasteiger partial charge in [-0.25, -0.2) is 4.98 Å². The molecule has 2 aromatic rings. The Morgan fingerprint density at radius 1 is 1.29 bits per heavy atom. The Bertz CT molecular complexity index is 824. The average molecular weight is 278 g/mol. The van der Waals surface area contributed by atoms with Crippen LogP contribution in [-0.2, 0) is 0 Å². The fourth-order valence-electron chi connectivity index (χ4n) is 2.62. The number of benzene rings is 1. The molecule has 1 atom stereocenters. The molecule has 0 saturated heterocycles. The summed E-state index contributed by atoms with van der Waals surface area (Å²) in [5.74, 6) is 1.19. The first-order chi connectivity index (χ1) is 10.1. The maximum atomic E-state index is 12.0. The lowest BCUT2D eigenvalue weighted by Gasteiger charge is -2.14. The second kappa shape index (κ2) is 5.52. The van der Waals surface area contributed by atoms with Crippen LogP contribution < -0.4 is 5.56 Å². The first-order valence-corrected chi connectivity index (χ1v) is 7.19. The van der Waals surface area contributed by atoms with Crippen LogP contribution in [0.4, 0.5) is 0 Å². The van der Waals surface area contributed by atoms with Gasteiger partial charge in [0, 0.05) is 0 Å². The van der Waals surface area contributed by atoms with Crippen molar-refractivity contribution < 1.29 is 0 Å². The Hall–Kier alpha value is -2.42. The minimum absolute atomic E-state index is 0.0984. The van der Waals surface area contributed by atoms with Gasteiger partial charge in [-0.2, -0.15) is 0 Å². The predicted octanol–water partition coefficient (Wildman–Crippen LogP) is 3.85. The summed E-state index contributed by atoms with van der Waals surface area (Å²) >= 11 is 0. The summed E-state index contributed by atoms with van der Waals surface area (Å²) in [4.78, 5) is 19.3. The highest BCUT2D eigenvalue weighted by Crippen LogP contribution is 2.23. The van der Waals surface area contributed by atoms with Gasteiger partial charge in [0.05, 0.1) is 10.9 Å². The molecule has 1 aliphatic rings. The van der Waals surface area contributed by atoms with Crippen molar-refractivity contribution in [1.29, 1.82) is 0 Å². The van der Waals surface area contributed by atoms with E-state index in [1.165, 1.54) is 11.1 Å². The van der Waals surface area contributed by atoms with Gasteiger partial charge in [0.1, 0.15) is 5.82 Å². The van der Waals surface area contributed by atoms with Gasteiger partial charge in [-0.15, -0.1) is 0 Å². The highest BCUT2D eigenvalue weighted by molar-refractivity contribution is 5.78. The van der Waals surface area contributed by atoms with Gasteiger partial charge >= 0.3 is 0 Å². The van der Waals surface area contributed by atoms with Gasteiger partial charge in [-0.3, -0.25) is 4.79 Å². The van der Waals surface area contributed by atoms with Gasteiger partial charge in [-0.05, 0) is 48.6 Å². The number of aromatic amines is 1. The van der Waals surface area contributed by atoms with Crippen LogP contribution in [0, 0.1) is 5.92 Å². The molecule has 1 aromatic carbocycles. The van der Waals surface area contributed by atoms with Gasteiger partial charge < -0.3 is 4.98 Å². The van der Waals surface area contributed by atoms with Crippen LogP contribution in [0.3, 0.4) is 0 Å². The summed E-state index contributed by atoms with van der Waals surface area (Å²) < 4.78 is 0. The molecule has 1 heterocycles. The van der Waals surface area contributed by atoms with Crippen LogP contribution in [0.15, 0.2) is 58.4 Å². The first-order valence-electron chi connectivity index (χ1n) is 7.19. The third-order valence-electron chi connectivity index (χ3n) is 3.75. The van der Waals surface area contributed by atoms with E-state index >= 15 is 0 Å². The number of hydrogen-bond donors (Lipinski definition) is 1. The minimum Gasteiger partial charge on any atom is -0.306 e. The highest BCUT2D eigenvalue weighted by atomic mass is 16.1. The van der Waals surface area contributed by atoms with Crippen molar-refractivity contribution in [3.8, 4) is 0 Å². The lowest BCUT2D eigenvalue weighted by molar-refractivity contribution is 0.725. The third kappa shape index (κ3) is 2.87. The van der Waals surface area contributed by atoms with E-state index in [0.717, 1.165) is 11.9 Å². The van der Waals surface area contributed by atoms with E-state index in [-0.39, 0.29) is 5.56 Å². The molecule has 3 rings (SSSR count). The zero-order valence-electron chi connectivity index (χ0n) is 12.3. The van der Waals surface area contributed by atoms with Crippen molar-refractivity contribution in [3.05, 3.63) is 69.8 Å². The molecular formula is C18H18N2O. The Labute approximate surface area is 123 Å². The summed E-state index contributed by atoms with van der Waals surface area (Å²) in [5, 5.41) is 0.622. The van der Waals surface area contributed by atoms with E-state index in [1.54, 1.807) is 6.07 Å². The highest BCUT2D eigenvalue weighted by Gasteiger charge is 2.07. The van der Waals surface area contributed by atoms with Crippen LogP contribution in [0.25, 0.3) is 17.0 Å². The molecule has 0 bridgehead atoms. The smallest absolute Gasteiger partial charge is 0.259 e. The van der Waals surface area contributed by atoms with Crippen LogP contribution in [0.5, 0.6) is 0 Å². The van der Waals surface area contributed by atoms with E-state index in [1.807, 2.05) is 30.4 Å². The zero-order chi connectivity index (χ0) is 14.8. The number of aromatic nitrogens is 2. The lowest BCUT2D eigenvalue weighted by Crippen LogP contribution is -2.09. The number of nitrogens with one attached hydrogen (secondary N) is 1. The molecule has 3 heteroatoms. The summed E-state index contributed by atoms with van der Waals surface area (Å²) in [5.41, 5.74) is 3.09. The topological polar surface area (TPSA) is 45.8 Å². The van der Waals surface area contributed by atoms with E-state index in [0.29, 0.717) is 17.1 Å². The van der Waals surface area contributed by atoms with Crippen molar-refractivity contribution in [2.45, 2.75) is 20.3 Å². The maximum Gasteiger partial charge on any atom is 0.259 e. The van der Waals surface area contributed by atoms with Crippen LogP contribution in [-0.4, -0.2) is 9.97 Å². The van der Waals surface area contributed by atoms with E-state index < -0.39 is 0 Å². The standard InChI is InChI=1S/C18H18N2O/c1-12-7-8-14(13(2)11-12)9-10-17-19-16-6-4-3-5-15(16)18(21)20-17/h3-6,8-12H,7H2,1-2H3,(H,19,20,21). The van der Waals surface area contributed by atoms with Crippen molar-refractivity contribution in [2.75, 3.05) is 0 Å². The van der Waals surface area contributed by atoms with E-state index in [9.17, 15) is 4.79 Å². The minimum atomic E-state index is -0.0984. The summed E-state index contributed by atoms with van der Waals surface area (Å²) in [6.45, 7) is 4.32. The Balaban J connectivity index is 1.94. The van der Waals surface area contributed by atoms with Crippen molar-refractivity contribution >= 4 is 17.0 Å². The molecule has 3 nitrogen and oxygen atoms in total. The van der Waals surface area contributed by atoms with Gasteiger partial charge in [0.2, 0.25) is 0 Å². The second-order valence-electron chi connectivity index (χ2n) is 5.52. The van der Waals surface area contributed by atoms with Crippen LogP contribution in [0.1, 0.15) is 26.1 Å². The molecule has 0 aliphatic heterocycles. The molecule has 0 amide bonds. The molecule has 0 spiro atoms. The monoisotopic (exact) mass is 278 g/mol.